The van der Waals surface area contributed by atoms with Gasteiger partial charge in [0.25, 0.3) is 0 Å². The second-order valence-corrected chi connectivity index (χ2v) is 3.88. The highest BCUT2D eigenvalue weighted by Gasteiger charge is 2.18. The van der Waals surface area contributed by atoms with Gasteiger partial charge in [-0.2, -0.15) is 0 Å². The third-order valence-corrected chi connectivity index (χ3v) is 2.34. The molecule has 1 aromatic rings. The molecule has 0 aliphatic carbocycles. The van der Waals surface area contributed by atoms with Crippen LogP contribution >= 0.6 is 15.9 Å². The van der Waals surface area contributed by atoms with Gasteiger partial charge in [-0.05, 0) is 24.3 Å². The van der Waals surface area contributed by atoms with Crippen molar-refractivity contribution < 1.29 is 19.1 Å². The van der Waals surface area contributed by atoms with Crippen LogP contribution in [0.25, 0.3) is 0 Å². The van der Waals surface area contributed by atoms with Crippen LogP contribution in [0.1, 0.15) is 23.7 Å². The molecule has 0 aliphatic rings. The molecule has 0 radical (unpaired) electrons. The lowest BCUT2D eigenvalue weighted by atomic mass is 10.2. The number of rotatable bonds is 3. The van der Waals surface area contributed by atoms with E-state index in [0.29, 0.717) is 0 Å². The van der Waals surface area contributed by atoms with Crippen LogP contribution in [0, 0.1) is 0 Å². The minimum atomic E-state index is -1.12. The topological polar surface area (TPSA) is 60.4 Å². The van der Waals surface area contributed by atoms with E-state index in [4.69, 9.17) is 0 Å². The summed E-state index contributed by atoms with van der Waals surface area (Å²) in [5, 5.41) is 0. The fourth-order valence-corrected chi connectivity index (χ4v) is 1.19. The minimum absolute atomic E-state index is 0.0203. The van der Waals surface area contributed by atoms with E-state index >= 15 is 0 Å². The first-order chi connectivity index (χ1) is 7.54. The number of Topliss-reactive ketones (excluding diaryl/α,β-unsaturated/α-hetero) is 1. The van der Waals surface area contributed by atoms with Crippen molar-refractivity contribution in [2.24, 2.45) is 0 Å². The molecule has 0 aliphatic heterocycles. The summed E-state index contributed by atoms with van der Waals surface area (Å²) in [5.74, 6) is -2.65. The molecular formula is C11H9BrO4. The van der Waals surface area contributed by atoms with E-state index in [2.05, 4.69) is 20.7 Å². The van der Waals surface area contributed by atoms with Gasteiger partial charge in [-0.3, -0.25) is 4.79 Å². The van der Waals surface area contributed by atoms with Crippen molar-refractivity contribution in [3.63, 3.8) is 0 Å². The maximum Gasteiger partial charge on any atom is 0.382 e. The van der Waals surface area contributed by atoms with Gasteiger partial charge in [0.2, 0.25) is 5.78 Å². The Balaban J connectivity index is 2.69. The molecule has 1 aromatic carbocycles. The van der Waals surface area contributed by atoms with Crippen molar-refractivity contribution in [1.29, 1.82) is 0 Å². The number of carbonyl (C=O) groups is 3. The van der Waals surface area contributed by atoms with Crippen molar-refractivity contribution in [1.82, 2.24) is 0 Å². The van der Waals surface area contributed by atoms with E-state index in [1.54, 1.807) is 12.1 Å². The van der Waals surface area contributed by atoms with Crippen LogP contribution in [0.3, 0.4) is 0 Å². The molecule has 0 heterocycles. The Bertz CT molecular complexity index is 422. The third-order valence-electron chi connectivity index (χ3n) is 1.81. The molecule has 84 valence electrons. The quantitative estimate of drug-likeness (QED) is 0.485. The van der Waals surface area contributed by atoms with Gasteiger partial charge < -0.3 is 4.74 Å². The van der Waals surface area contributed by atoms with Crippen LogP contribution in [0.15, 0.2) is 28.7 Å². The maximum absolute atomic E-state index is 11.4. The molecule has 0 amide bonds. The summed E-state index contributed by atoms with van der Waals surface area (Å²) in [6.07, 6.45) is 0.0203. The normalized spacial score (nSPS) is 9.62. The second kappa shape index (κ2) is 5.55. The van der Waals surface area contributed by atoms with Crippen molar-refractivity contribution in [2.45, 2.75) is 13.3 Å². The van der Waals surface area contributed by atoms with Gasteiger partial charge in [-0.1, -0.05) is 22.9 Å². The van der Waals surface area contributed by atoms with Crippen LogP contribution in [-0.2, 0) is 14.3 Å². The molecule has 0 N–H and O–H groups in total. The molecule has 0 aromatic heterocycles. The SMILES string of the molecule is CCC(=O)C(=O)OC(=O)c1ccc(Br)cc1. The predicted octanol–water partition coefficient (Wildman–Crippen LogP) is 2.11. The first-order valence-electron chi connectivity index (χ1n) is 4.59. The highest BCUT2D eigenvalue weighted by molar-refractivity contribution is 9.10. The summed E-state index contributed by atoms with van der Waals surface area (Å²) in [4.78, 5) is 33.3. The first kappa shape index (κ1) is 12.6. The zero-order valence-electron chi connectivity index (χ0n) is 8.53. The molecule has 5 heteroatoms. The Morgan fingerprint density at radius 1 is 1.19 bits per heavy atom. The second-order valence-electron chi connectivity index (χ2n) is 2.96. The van der Waals surface area contributed by atoms with Crippen molar-refractivity contribution >= 4 is 33.7 Å². The number of carbonyl (C=O) groups excluding carboxylic acids is 3. The smallest absolute Gasteiger partial charge is 0.382 e. The fraction of sp³-hybridized carbons (Fsp3) is 0.182. The van der Waals surface area contributed by atoms with Crippen LogP contribution in [0.2, 0.25) is 0 Å². The summed E-state index contributed by atoms with van der Waals surface area (Å²) < 4.78 is 5.19. The molecule has 0 fully saturated rings. The largest absolute Gasteiger partial charge is 0.384 e. The Morgan fingerprint density at radius 2 is 1.75 bits per heavy atom. The lowest BCUT2D eigenvalue weighted by Gasteiger charge is -2.01. The molecule has 0 saturated heterocycles. The van der Waals surface area contributed by atoms with Crippen LogP contribution in [-0.4, -0.2) is 17.7 Å². The summed E-state index contributed by atoms with van der Waals surface area (Å²) in [7, 11) is 0. The Morgan fingerprint density at radius 3 is 2.25 bits per heavy atom. The zero-order chi connectivity index (χ0) is 12.1. The molecule has 0 saturated carbocycles. The van der Waals surface area contributed by atoms with E-state index in [1.165, 1.54) is 19.1 Å². The van der Waals surface area contributed by atoms with E-state index in [0.717, 1.165) is 4.47 Å². The number of hydrogen-bond acceptors (Lipinski definition) is 4. The number of halogens is 1. The molecule has 0 bridgehead atoms. The fourth-order valence-electron chi connectivity index (χ4n) is 0.930. The Hall–Kier alpha value is -1.49. The van der Waals surface area contributed by atoms with E-state index < -0.39 is 17.7 Å². The highest BCUT2D eigenvalue weighted by atomic mass is 79.9. The summed E-state index contributed by atoms with van der Waals surface area (Å²) >= 11 is 3.21. The minimum Gasteiger partial charge on any atom is -0.384 e. The maximum atomic E-state index is 11.4. The van der Waals surface area contributed by atoms with Gasteiger partial charge in [-0.25, -0.2) is 9.59 Å². The monoisotopic (exact) mass is 284 g/mol. The molecule has 1 rings (SSSR count). The molecule has 16 heavy (non-hydrogen) atoms. The lowest BCUT2D eigenvalue weighted by molar-refractivity contribution is -0.149. The summed E-state index contributed by atoms with van der Waals surface area (Å²) in [5.41, 5.74) is 0.223. The van der Waals surface area contributed by atoms with Crippen molar-refractivity contribution in [3.05, 3.63) is 34.3 Å². The van der Waals surface area contributed by atoms with Gasteiger partial charge in [0.15, 0.2) is 0 Å². The van der Waals surface area contributed by atoms with Gasteiger partial charge >= 0.3 is 11.9 Å². The molecule has 0 spiro atoms. The van der Waals surface area contributed by atoms with E-state index in [1.807, 2.05) is 0 Å². The molecule has 0 unspecified atom stereocenters. The number of benzene rings is 1. The molecular weight excluding hydrogens is 276 g/mol. The standard InChI is InChI=1S/C11H9BrO4/c1-2-9(13)11(15)16-10(14)7-3-5-8(12)6-4-7/h3-6H,2H2,1H3. The van der Waals surface area contributed by atoms with Gasteiger partial charge in [-0.15, -0.1) is 0 Å². The first-order valence-corrected chi connectivity index (χ1v) is 5.38. The van der Waals surface area contributed by atoms with Crippen LogP contribution < -0.4 is 0 Å². The van der Waals surface area contributed by atoms with Gasteiger partial charge in [0.1, 0.15) is 0 Å². The highest BCUT2D eigenvalue weighted by Crippen LogP contribution is 2.11. The number of esters is 2. The van der Waals surface area contributed by atoms with E-state index in [9.17, 15) is 14.4 Å². The molecule has 4 nitrogen and oxygen atoms in total. The molecule has 0 atom stereocenters. The third kappa shape index (κ3) is 3.27. The van der Waals surface area contributed by atoms with Crippen LogP contribution in [0.4, 0.5) is 0 Å². The van der Waals surface area contributed by atoms with Gasteiger partial charge in [0.05, 0.1) is 5.56 Å². The average molecular weight is 285 g/mol. The number of ketones is 1. The lowest BCUT2D eigenvalue weighted by Crippen LogP contribution is -2.20. The van der Waals surface area contributed by atoms with Crippen molar-refractivity contribution in [3.8, 4) is 0 Å². The predicted molar refractivity (Wildman–Crippen MR) is 59.9 cm³/mol. The summed E-state index contributed by atoms with van der Waals surface area (Å²) in [6.45, 7) is 1.52. The van der Waals surface area contributed by atoms with Crippen LogP contribution in [0.5, 0.6) is 0 Å². The number of hydrogen-bond donors (Lipinski definition) is 0. The average Bonchev–Trinajstić information content (AvgIpc) is 2.28. The Kier molecular flexibility index (Phi) is 4.37. The number of ether oxygens (including phenoxy) is 1. The van der Waals surface area contributed by atoms with E-state index in [-0.39, 0.29) is 12.0 Å². The zero-order valence-corrected chi connectivity index (χ0v) is 10.1. The van der Waals surface area contributed by atoms with Gasteiger partial charge in [0, 0.05) is 10.9 Å². The Labute approximate surface area is 101 Å². The van der Waals surface area contributed by atoms with Crippen molar-refractivity contribution in [2.75, 3.05) is 0 Å². The summed E-state index contributed by atoms with van der Waals surface area (Å²) in [6, 6.07) is 6.28.